The van der Waals surface area contributed by atoms with Gasteiger partial charge in [-0.05, 0) is 79.6 Å². The lowest BCUT2D eigenvalue weighted by molar-refractivity contribution is -0.175. The second kappa shape index (κ2) is 38.3. The molecule has 528 valence electrons. The number of ether oxygens (including phenoxy) is 11. The standard InChI is InChI=1S/C67H88N8O22/c1-7-47-48-37-46(76)13-14-52(48)72-60-49(47)39-75-54(60)38-51-50(64(75)84)41-95-65(85)67(51,8-2)97-66(86)96-40-44-9-11-45(12-10-44)70-61(81)43(5)69-63(83)59(42(3)4)73-55(77)16-15-53(71-56(78)19-21-74-57(79)17-18-58(74)80)62(82)68-20-22-88-25-26-90-29-30-92-33-34-94-36-35-93-32-31-91-28-27-89-24-23-87-6/h9-14,17-18,37-38,42-43,53,59,76H,7-8,15-16,19-36,39-41H2,1-6H3,(H,68,82)(H,69,83)(H,70,81)(H,71,78)(H,73,77)/t43-,53-,59-,67-/m0/s1. The molecule has 97 heavy (non-hydrogen) atoms. The van der Waals surface area contributed by atoms with Crippen molar-refractivity contribution >= 4 is 70.1 Å². The van der Waals surface area contributed by atoms with Gasteiger partial charge < -0.3 is 88.4 Å². The van der Waals surface area contributed by atoms with Crippen molar-refractivity contribution < 1.29 is 100 Å². The number of aromatic nitrogens is 2. The molecule has 30 heteroatoms. The summed E-state index contributed by atoms with van der Waals surface area (Å²) in [4.78, 5) is 138. The van der Waals surface area contributed by atoms with Crippen molar-refractivity contribution in [2.45, 2.75) is 110 Å². The molecule has 4 aromatic rings. The van der Waals surface area contributed by atoms with Gasteiger partial charge in [-0.3, -0.25) is 43.3 Å². The number of rotatable bonds is 43. The Morgan fingerprint density at radius 1 is 0.680 bits per heavy atom. The van der Waals surface area contributed by atoms with Gasteiger partial charge in [0.1, 0.15) is 37.1 Å². The maximum atomic E-state index is 14.1. The summed E-state index contributed by atoms with van der Waals surface area (Å²) in [5.41, 5.74) is 1.91. The third kappa shape index (κ3) is 21.6. The van der Waals surface area contributed by atoms with Gasteiger partial charge in [-0.25, -0.2) is 14.6 Å². The van der Waals surface area contributed by atoms with E-state index in [1.807, 2.05) is 6.92 Å². The number of hydrogen-bond acceptors (Lipinski definition) is 23. The molecule has 2 aromatic heterocycles. The van der Waals surface area contributed by atoms with Crippen LogP contribution >= 0.6 is 0 Å². The minimum Gasteiger partial charge on any atom is -0.508 e. The maximum Gasteiger partial charge on any atom is 0.510 e. The lowest BCUT2D eigenvalue weighted by Gasteiger charge is -2.35. The summed E-state index contributed by atoms with van der Waals surface area (Å²) >= 11 is 0. The number of fused-ring (bicyclic) bond motifs is 5. The number of anilines is 1. The first-order valence-corrected chi connectivity index (χ1v) is 32.4. The highest BCUT2D eigenvalue weighted by Crippen LogP contribution is 2.42. The van der Waals surface area contributed by atoms with E-state index >= 15 is 0 Å². The van der Waals surface area contributed by atoms with Gasteiger partial charge in [0.05, 0.1) is 128 Å². The SMILES string of the molecule is CCc1c2c(nc3ccc(O)cc13)-c1cc3c(c(=O)n1C2)COC(=O)[C@@]3(CC)OC(=O)OCc1ccc(NC(=O)[C@H](C)NC(=O)[C@@H](NC(=O)CC[C@H](NC(=O)CCN2C(=O)C=CC2=O)C(=O)NCCOCCOCCOCCOCCOCCOCCOCCOC)C(C)C)cc1. The van der Waals surface area contributed by atoms with E-state index in [1.165, 1.54) is 25.1 Å². The molecule has 5 heterocycles. The molecule has 0 saturated heterocycles. The zero-order valence-corrected chi connectivity index (χ0v) is 55.6. The van der Waals surface area contributed by atoms with Crippen molar-refractivity contribution in [3.05, 3.63) is 98.9 Å². The van der Waals surface area contributed by atoms with Crippen LogP contribution in [0.25, 0.3) is 22.3 Å². The van der Waals surface area contributed by atoms with Gasteiger partial charge in [-0.1, -0.05) is 39.8 Å². The Hall–Kier alpha value is -8.75. The zero-order chi connectivity index (χ0) is 69.9. The summed E-state index contributed by atoms with van der Waals surface area (Å²) in [5.74, 6) is -5.71. The molecule has 7 amide bonds. The first kappa shape index (κ1) is 75.6. The number of carbonyl (C=O) groups is 9. The van der Waals surface area contributed by atoms with Crippen molar-refractivity contribution in [1.82, 2.24) is 35.7 Å². The number of carbonyl (C=O) groups excluding carboxylic acids is 9. The van der Waals surface area contributed by atoms with Crippen LogP contribution < -0.4 is 32.1 Å². The number of cyclic esters (lactones) is 1. The number of benzene rings is 2. The number of methoxy groups -OCH3 is 1. The van der Waals surface area contributed by atoms with Gasteiger partial charge >= 0.3 is 12.1 Å². The lowest BCUT2D eigenvalue weighted by Crippen LogP contribution is -2.54. The molecule has 0 bridgehead atoms. The normalized spacial score (nSPS) is 15.5. The number of nitrogens with zero attached hydrogens (tertiary/aromatic N) is 3. The van der Waals surface area contributed by atoms with E-state index in [-0.39, 0.29) is 95.2 Å². The average molecular weight is 1360 g/mol. The molecular formula is C67H88N8O22. The minimum absolute atomic E-state index is 0.0300. The van der Waals surface area contributed by atoms with Crippen LogP contribution in [0.1, 0.15) is 88.1 Å². The number of phenols is 1. The Kier molecular flexibility index (Phi) is 29.8. The Labute approximate surface area is 560 Å². The van der Waals surface area contributed by atoms with Crippen LogP contribution in [-0.2, 0) is 122 Å². The predicted octanol–water partition coefficient (Wildman–Crippen LogP) is 2.75. The number of pyridine rings is 2. The zero-order valence-electron chi connectivity index (χ0n) is 55.6. The van der Waals surface area contributed by atoms with Gasteiger partial charge in [0.15, 0.2) is 0 Å². The third-order valence-corrected chi connectivity index (χ3v) is 15.9. The number of aromatic hydroxyl groups is 1. The van der Waals surface area contributed by atoms with Gasteiger partial charge in [0.25, 0.3) is 17.4 Å². The van der Waals surface area contributed by atoms with Gasteiger partial charge in [-0.15, -0.1) is 0 Å². The fourth-order valence-corrected chi connectivity index (χ4v) is 10.7. The quantitative estimate of drug-likeness (QED) is 0.0186. The second-order valence-electron chi connectivity index (χ2n) is 23.0. The highest BCUT2D eigenvalue weighted by Gasteiger charge is 2.51. The maximum absolute atomic E-state index is 14.1. The fraction of sp³-hybridized carbons (Fsp3) is 0.537. The molecular weight excluding hydrogens is 1270 g/mol. The molecule has 0 aliphatic carbocycles. The largest absolute Gasteiger partial charge is 0.510 e. The average Bonchev–Trinajstić information content (AvgIpc) is 1.50. The summed E-state index contributed by atoms with van der Waals surface area (Å²) < 4.78 is 61.5. The smallest absolute Gasteiger partial charge is 0.508 e. The lowest BCUT2D eigenvalue weighted by atomic mass is 9.85. The van der Waals surface area contributed by atoms with E-state index in [0.717, 1.165) is 33.6 Å². The number of imide groups is 1. The van der Waals surface area contributed by atoms with Crippen molar-refractivity contribution in [3.8, 4) is 17.1 Å². The van der Waals surface area contributed by atoms with E-state index in [4.69, 9.17) is 57.1 Å². The Bertz CT molecular complexity index is 3470. The Morgan fingerprint density at radius 3 is 1.85 bits per heavy atom. The summed E-state index contributed by atoms with van der Waals surface area (Å²) in [7, 11) is 1.61. The van der Waals surface area contributed by atoms with Crippen molar-refractivity contribution in [3.63, 3.8) is 0 Å². The van der Waals surface area contributed by atoms with Gasteiger partial charge in [0.2, 0.25) is 35.1 Å². The van der Waals surface area contributed by atoms with E-state index in [0.29, 0.717) is 114 Å². The highest BCUT2D eigenvalue weighted by molar-refractivity contribution is 6.13. The monoisotopic (exact) mass is 1360 g/mol. The molecule has 2 aromatic carbocycles. The molecule has 4 atom stereocenters. The molecule has 7 rings (SSSR count). The van der Waals surface area contributed by atoms with Gasteiger partial charge in [0, 0.05) is 67.4 Å². The van der Waals surface area contributed by atoms with Crippen LogP contribution in [0.5, 0.6) is 5.75 Å². The number of aryl methyl sites for hydroxylation is 1. The summed E-state index contributed by atoms with van der Waals surface area (Å²) in [6, 6.07) is 9.18. The predicted molar refractivity (Wildman–Crippen MR) is 346 cm³/mol. The number of nitrogens with one attached hydrogen (secondary N) is 5. The summed E-state index contributed by atoms with van der Waals surface area (Å²) in [6.45, 7) is 13.5. The van der Waals surface area contributed by atoms with Crippen molar-refractivity contribution in [2.24, 2.45) is 5.92 Å². The molecule has 6 N–H and O–H groups in total. The van der Waals surface area contributed by atoms with E-state index in [9.17, 15) is 53.1 Å². The van der Waals surface area contributed by atoms with Crippen LogP contribution in [0.3, 0.4) is 0 Å². The van der Waals surface area contributed by atoms with Crippen LogP contribution in [-0.4, -0.2) is 210 Å². The molecule has 0 unspecified atom stereocenters. The second-order valence-corrected chi connectivity index (χ2v) is 23.0. The van der Waals surface area contributed by atoms with Crippen LogP contribution in [0.2, 0.25) is 0 Å². The molecule has 0 fully saturated rings. The highest BCUT2D eigenvalue weighted by atomic mass is 16.7. The Morgan fingerprint density at radius 2 is 1.27 bits per heavy atom. The van der Waals surface area contributed by atoms with E-state index in [1.54, 1.807) is 62.8 Å². The third-order valence-electron chi connectivity index (χ3n) is 15.9. The molecule has 0 saturated carbocycles. The Balaban J connectivity index is 0.815. The van der Waals surface area contributed by atoms with Crippen LogP contribution in [0, 0.1) is 5.92 Å². The summed E-state index contributed by atoms with van der Waals surface area (Å²) in [6.07, 6.45) is 0.555. The van der Waals surface area contributed by atoms with E-state index in [2.05, 4.69) is 26.6 Å². The molecule has 3 aliphatic rings. The molecule has 0 spiro atoms. The minimum atomic E-state index is -2.03. The molecule has 30 nitrogen and oxygen atoms in total. The first-order valence-electron chi connectivity index (χ1n) is 32.4. The number of esters is 1. The molecule has 3 aliphatic heterocycles. The fourth-order valence-electron chi connectivity index (χ4n) is 10.7. The van der Waals surface area contributed by atoms with Crippen molar-refractivity contribution in [2.75, 3.05) is 125 Å². The van der Waals surface area contributed by atoms with Gasteiger partial charge in [-0.2, -0.15) is 0 Å². The first-order chi connectivity index (χ1) is 46.8. The van der Waals surface area contributed by atoms with Crippen molar-refractivity contribution in [1.29, 1.82) is 0 Å². The van der Waals surface area contributed by atoms with Crippen LogP contribution in [0.4, 0.5) is 10.5 Å². The number of hydrogen-bond donors (Lipinski definition) is 6. The number of phenolic OH excluding ortho intramolecular Hbond substituents is 1. The van der Waals surface area contributed by atoms with E-state index < -0.39 is 88.7 Å². The summed E-state index contributed by atoms with van der Waals surface area (Å²) in [5, 5.41) is 24.3. The molecule has 0 radical (unpaired) electrons. The topological polar surface area (TPSA) is 374 Å². The number of amides is 7. The van der Waals surface area contributed by atoms with Crippen LogP contribution in [0.15, 0.2) is 65.5 Å².